The fourth-order valence-corrected chi connectivity index (χ4v) is 2.78. The van der Waals surface area contributed by atoms with Crippen LogP contribution in [-0.2, 0) is 13.0 Å². The molecule has 0 radical (unpaired) electrons. The Kier molecular flexibility index (Phi) is 4.13. The van der Waals surface area contributed by atoms with Gasteiger partial charge in [0.15, 0.2) is 0 Å². The number of benzene rings is 1. The number of hydrogen-bond donors (Lipinski definition) is 1. The van der Waals surface area contributed by atoms with E-state index in [0.29, 0.717) is 0 Å². The van der Waals surface area contributed by atoms with E-state index in [4.69, 9.17) is 4.42 Å². The molecule has 0 aliphatic rings. The quantitative estimate of drug-likeness (QED) is 0.900. The molecule has 0 spiro atoms. The molecule has 0 saturated carbocycles. The predicted octanol–water partition coefficient (Wildman–Crippen LogP) is 4.48. The fraction of sp³-hybridized carbons (Fsp3) is 0.467. The van der Waals surface area contributed by atoms with Crippen molar-refractivity contribution in [3.05, 3.63) is 33.0 Å². The largest absolute Gasteiger partial charge is 0.459 e. The van der Waals surface area contributed by atoms with Crippen molar-refractivity contribution in [2.24, 2.45) is 0 Å². The van der Waals surface area contributed by atoms with Gasteiger partial charge in [0.1, 0.15) is 11.3 Å². The summed E-state index contributed by atoms with van der Waals surface area (Å²) >= 11 is 3.67. The normalized spacial score (nSPS) is 11.4. The molecule has 3 heteroatoms. The first-order valence-electron chi connectivity index (χ1n) is 6.50. The Hall–Kier alpha value is -0.800. The van der Waals surface area contributed by atoms with Crippen LogP contribution in [0.4, 0.5) is 0 Å². The molecule has 0 aliphatic heterocycles. The zero-order chi connectivity index (χ0) is 13.3. The van der Waals surface area contributed by atoms with E-state index in [2.05, 4.69) is 55.0 Å². The summed E-state index contributed by atoms with van der Waals surface area (Å²) in [6.07, 6.45) is 1.00. The van der Waals surface area contributed by atoms with E-state index in [1.54, 1.807) is 0 Å². The average molecular weight is 310 g/mol. The lowest BCUT2D eigenvalue weighted by Crippen LogP contribution is -2.12. The van der Waals surface area contributed by atoms with Crippen LogP contribution in [0.3, 0.4) is 0 Å². The van der Waals surface area contributed by atoms with Crippen molar-refractivity contribution in [2.75, 3.05) is 6.54 Å². The number of aryl methyl sites for hydroxylation is 3. The first kappa shape index (κ1) is 13.6. The molecule has 2 rings (SSSR count). The topological polar surface area (TPSA) is 25.2 Å². The van der Waals surface area contributed by atoms with Gasteiger partial charge in [-0.15, -0.1) is 0 Å². The Morgan fingerprint density at radius 1 is 1.28 bits per heavy atom. The van der Waals surface area contributed by atoms with Gasteiger partial charge in [-0.05, 0) is 44.0 Å². The molecule has 0 fully saturated rings. The summed E-state index contributed by atoms with van der Waals surface area (Å²) < 4.78 is 7.22. The number of furan rings is 1. The van der Waals surface area contributed by atoms with Crippen LogP contribution in [0.25, 0.3) is 11.0 Å². The van der Waals surface area contributed by atoms with Crippen molar-refractivity contribution in [2.45, 2.75) is 40.7 Å². The van der Waals surface area contributed by atoms with Gasteiger partial charge in [-0.3, -0.25) is 0 Å². The number of halogens is 1. The second-order valence-electron chi connectivity index (χ2n) is 4.64. The van der Waals surface area contributed by atoms with Crippen molar-refractivity contribution in [1.29, 1.82) is 0 Å². The fourth-order valence-electron chi connectivity index (χ4n) is 2.47. The molecule has 0 aliphatic carbocycles. The van der Waals surface area contributed by atoms with Crippen LogP contribution in [-0.4, -0.2) is 6.54 Å². The van der Waals surface area contributed by atoms with Gasteiger partial charge < -0.3 is 9.73 Å². The summed E-state index contributed by atoms with van der Waals surface area (Å²) in [5.41, 5.74) is 4.86. The highest BCUT2D eigenvalue weighted by Gasteiger charge is 2.16. The Bertz CT molecular complexity index is 572. The lowest BCUT2D eigenvalue weighted by molar-refractivity contribution is 0.514. The van der Waals surface area contributed by atoms with Gasteiger partial charge in [-0.2, -0.15) is 0 Å². The molecule has 0 unspecified atom stereocenters. The van der Waals surface area contributed by atoms with Crippen molar-refractivity contribution < 1.29 is 4.42 Å². The highest BCUT2D eigenvalue weighted by molar-refractivity contribution is 9.10. The summed E-state index contributed by atoms with van der Waals surface area (Å²) in [4.78, 5) is 0. The zero-order valence-electron chi connectivity index (χ0n) is 11.5. The Morgan fingerprint density at radius 2 is 2.00 bits per heavy atom. The Labute approximate surface area is 117 Å². The van der Waals surface area contributed by atoms with E-state index in [0.717, 1.165) is 30.9 Å². The molecule has 0 bridgehead atoms. The lowest BCUT2D eigenvalue weighted by atomic mass is 10.0. The minimum Gasteiger partial charge on any atom is -0.459 e. The van der Waals surface area contributed by atoms with E-state index >= 15 is 0 Å². The number of rotatable bonds is 4. The molecular weight excluding hydrogens is 290 g/mol. The smallest absolute Gasteiger partial charge is 0.135 e. The molecule has 1 N–H and O–H groups in total. The molecule has 1 aromatic carbocycles. The SMILES string of the molecule is CCNCc1oc2cc(C)c(Br)c(C)c2c1CC. The van der Waals surface area contributed by atoms with Crippen LogP contribution >= 0.6 is 15.9 Å². The highest BCUT2D eigenvalue weighted by Crippen LogP contribution is 2.35. The zero-order valence-corrected chi connectivity index (χ0v) is 13.1. The van der Waals surface area contributed by atoms with E-state index in [1.807, 2.05) is 0 Å². The minimum atomic E-state index is 0.810. The standard InChI is InChI=1S/C15H20BrNO/c1-5-11-13(8-17-6-2)18-12-7-9(3)15(16)10(4)14(11)12/h7,17H,5-6,8H2,1-4H3. The molecule has 98 valence electrons. The molecule has 0 saturated heterocycles. The molecule has 2 nitrogen and oxygen atoms in total. The van der Waals surface area contributed by atoms with Crippen molar-refractivity contribution in [1.82, 2.24) is 5.32 Å². The summed E-state index contributed by atoms with van der Waals surface area (Å²) in [7, 11) is 0. The van der Waals surface area contributed by atoms with Crippen LogP contribution in [0.1, 0.15) is 36.3 Å². The van der Waals surface area contributed by atoms with Crippen molar-refractivity contribution in [3.63, 3.8) is 0 Å². The van der Waals surface area contributed by atoms with Gasteiger partial charge in [0, 0.05) is 15.4 Å². The van der Waals surface area contributed by atoms with Gasteiger partial charge in [-0.25, -0.2) is 0 Å². The summed E-state index contributed by atoms with van der Waals surface area (Å²) in [6, 6.07) is 2.13. The predicted molar refractivity (Wildman–Crippen MR) is 80.1 cm³/mol. The number of fused-ring (bicyclic) bond motifs is 1. The maximum absolute atomic E-state index is 6.03. The Balaban J connectivity index is 2.65. The van der Waals surface area contributed by atoms with Gasteiger partial charge in [0.05, 0.1) is 6.54 Å². The van der Waals surface area contributed by atoms with Crippen LogP contribution in [0.5, 0.6) is 0 Å². The second-order valence-corrected chi connectivity index (χ2v) is 5.44. The van der Waals surface area contributed by atoms with Gasteiger partial charge >= 0.3 is 0 Å². The van der Waals surface area contributed by atoms with Gasteiger partial charge in [0.25, 0.3) is 0 Å². The maximum atomic E-state index is 6.03. The molecule has 0 atom stereocenters. The average Bonchev–Trinajstić information content (AvgIpc) is 2.71. The first-order valence-corrected chi connectivity index (χ1v) is 7.30. The van der Waals surface area contributed by atoms with Gasteiger partial charge in [0.2, 0.25) is 0 Å². The third-order valence-corrected chi connectivity index (χ3v) is 4.63. The van der Waals surface area contributed by atoms with Crippen molar-refractivity contribution >= 4 is 26.9 Å². The first-order chi connectivity index (χ1) is 8.60. The third-order valence-electron chi connectivity index (χ3n) is 3.41. The summed E-state index contributed by atoms with van der Waals surface area (Å²) in [5, 5.41) is 4.62. The molecule has 1 aromatic heterocycles. The third kappa shape index (κ3) is 2.21. The van der Waals surface area contributed by atoms with E-state index in [-0.39, 0.29) is 0 Å². The molecule has 1 heterocycles. The van der Waals surface area contributed by atoms with Crippen LogP contribution in [0, 0.1) is 13.8 Å². The van der Waals surface area contributed by atoms with E-state index in [9.17, 15) is 0 Å². The monoisotopic (exact) mass is 309 g/mol. The molecule has 18 heavy (non-hydrogen) atoms. The molecule has 2 aromatic rings. The van der Waals surface area contributed by atoms with Crippen LogP contribution < -0.4 is 5.32 Å². The lowest BCUT2D eigenvalue weighted by Gasteiger charge is -2.05. The molecule has 0 amide bonds. The number of hydrogen-bond acceptors (Lipinski definition) is 2. The Morgan fingerprint density at radius 3 is 2.61 bits per heavy atom. The van der Waals surface area contributed by atoms with E-state index < -0.39 is 0 Å². The maximum Gasteiger partial charge on any atom is 0.135 e. The minimum absolute atomic E-state index is 0.810. The van der Waals surface area contributed by atoms with Crippen LogP contribution in [0.2, 0.25) is 0 Å². The van der Waals surface area contributed by atoms with Crippen molar-refractivity contribution in [3.8, 4) is 0 Å². The van der Waals surface area contributed by atoms with Crippen LogP contribution in [0.15, 0.2) is 15.0 Å². The summed E-state index contributed by atoms with van der Waals surface area (Å²) in [6.45, 7) is 10.3. The van der Waals surface area contributed by atoms with Gasteiger partial charge in [-0.1, -0.05) is 29.8 Å². The number of nitrogens with one attached hydrogen (secondary N) is 1. The molecular formula is C15H20BrNO. The summed E-state index contributed by atoms with van der Waals surface area (Å²) in [5.74, 6) is 1.08. The van der Waals surface area contributed by atoms with E-state index in [1.165, 1.54) is 26.5 Å². The highest BCUT2D eigenvalue weighted by atomic mass is 79.9. The second kappa shape index (κ2) is 5.45.